The lowest BCUT2D eigenvalue weighted by Gasteiger charge is -2.07. The van der Waals surface area contributed by atoms with Crippen molar-refractivity contribution in [2.24, 2.45) is 0 Å². The SMILES string of the molecule is CSc1ccc(Cl)c(C(=O)OCC(=O)Nc2cc(C)no2)c1. The maximum Gasteiger partial charge on any atom is 0.340 e. The predicted molar refractivity (Wildman–Crippen MR) is 83.4 cm³/mol. The first-order valence-corrected chi connectivity index (χ1v) is 7.83. The molecule has 0 saturated carbocycles. The molecule has 6 nitrogen and oxygen atoms in total. The Morgan fingerprint density at radius 2 is 2.18 bits per heavy atom. The summed E-state index contributed by atoms with van der Waals surface area (Å²) in [5, 5.41) is 6.32. The van der Waals surface area contributed by atoms with Gasteiger partial charge in [0.2, 0.25) is 5.88 Å². The number of nitrogens with one attached hydrogen (secondary N) is 1. The van der Waals surface area contributed by atoms with Gasteiger partial charge in [-0.2, -0.15) is 0 Å². The summed E-state index contributed by atoms with van der Waals surface area (Å²) in [7, 11) is 0. The second-order valence-corrected chi connectivity index (χ2v) is 5.59. The number of nitrogens with zero attached hydrogens (tertiary/aromatic N) is 1. The fourth-order valence-corrected chi connectivity index (χ4v) is 2.23. The van der Waals surface area contributed by atoms with Crippen LogP contribution in [0.25, 0.3) is 0 Å². The largest absolute Gasteiger partial charge is 0.452 e. The van der Waals surface area contributed by atoms with E-state index in [0.717, 1.165) is 4.90 Å². The first-order valence-electron chi connectivity index (χ1n) is 6.23. The fraction of sp³-hybridized carbons (Fsp3) is 0.214. The van der Waals surface area contributed by atoms with Gasteiger partial charge in [-0.05, 0) is 31.4 Å². The van der Waals surface area contributed by atoms with Crippen molar-refractivity contribution in [1.82, 2.24) is 5.16 Å². The number of benzene rings is 1. The maximum atomic E-state index is 12.0. The number of aryl methyl sites for hydroxylation is 1. The number of thioether (sulfide) groups is 1. The van der Waals surface area contributed by atoms with E-state index in [2.05, 4.69) is 10.5 Å². The number of ether oxygens (including phenoxy) is 1. The van der Waals surface area contributed by atoms with Gasteiger partial charge in [-0.25, -0.2) is 4.79 Å². The summed E-state index contributed by atoms with van der Waals surface area (Å²) in [6.45, 7) is 1.28. The van der Waals surface area contributed by atoms with Crippen molar-refractivity contribution in [3.05, 3.63) is 40.5 Å². The van der Waals surface area contributed by atoms with Gasteiger partial charge in [-0.1, -0.05) is 16.8 Å². The van der Waals surface area contributed by atoms with Crippen molar-refractivity contribution in [3.63, 3.8) is 0 Å². The summed E-state index contributed by atoms with van der Waals surface area (Å²) in [5.74, 6) is -0.993. The molecule has 1 amide bonds. The molecule has 0 unspecified atom stereocenters. The van der Waals surface area contributed by atoms with Crippen molar-refractivity contribution in [2.45, 2.75) is 11.8 Å². The fourth-order valence-electron chi connectivity index (χ4n) is 1.59. The Bertz CT molecular complexity index is 702. The number of hydrogen-bond donors (Lipinski definition) is 1. The summed E-state index contributed by atoms with van der Waals surface area (Å²) in [6, 6.07) is 6.58. The molecule has 0 fully saturated rings. The Morgan fingerprint density at radius 1 is 1.41 bits per heavy atom. The average molecular weight is 341 g/mol. The van der Waals surface area contributed by atoms with Crippen LogP contribution in [0.3, 0.4) is 0 Å². The van der Waals surface area contributed by atoms with Crippen molar-refractivity contribution in [2.75, 3.05) is 18.2 Å². The number of hydrogen-bond acceptors (Lipinski definition) is 6. The normalized spacial score (nSPS) is 10.3. The van der Waals surface area contributed by atoms with Crippen LogP contribution >= 0.6 is 23.4 Å². The van der Waals surface area contributed by atoms with Crippen molar-refractivity contribution in [1.29, 1.82) is 0 Å². The Balaban J connectivity index is 1.93. The zero-order valence-electron chi connectivity index (χ0n) is 11.9. The molecule has 0 spiro atoms. The number of rotatable bonds is 5. The van der Waals surface area contributed by atoms with Gasteiger partial charge in [0, 0.05) is 11.0 Å². The molecule has 0 bridgehead atoms. The summed E-state index contributed by atoms with van der Waals surface area (Å²) >= 11 is 7.43. The molecule has 2 rings (SSSR count). The zero-order chi connectivity index (χ0) is 16.1. The van der Waals surface area contributed by atoms with Crippen LogP contribution < -0.4 is 5.32 Å². The van der Waals surface area contributed by atoms with Crippen LogP contribution in [-0.4, -0.2) is 29.9 Å². The molecule has 2 aromatic rings. The highest BCUT2D eigenvalue weighted by Crippen LogP contribution is 2.23. The molecule has 0 atom stereocenters. The third-order valence-electron chi connectivity index (χ3n) is 2.62. The number of halogens is 1. The molecule has 0 aliphatic heterocycles. The van der Waals surface area contributed by atoms with Crippen LogP contribution in [-0.2, 0) is 9.53 Å². The second-order valence-electron chi connectivity index (χ2n) is 4.30. The Labute approximate surface area is 136 Å². The molecule has 1 N–H and O–H groups in total. The van der Waals surface area contributed by atoms with E-state index in [4.69, 9.17) is 20.9 Å². The van der Waals surface area contributed by atoms with Gasteiger partial charge in [-0.15, -0.1) is 11.8 Å². The van der Waals surface area contributed by atoms with Gasteiger partial charge in [0.15, 0.2) is 6.61 Å². The average Bonchev–Trinajstić information content (AvgIpc) is 2.90. The molecule has 116 valence electrons. The Morgan fingerprint density at radius 3 is 2.82 bits per heavy atom. The van der Waals surface area contributed by atoms with E-state index < -0.39 is 18.5 Å². The molecule has 1 aromatic carbocycles. The molecule has 1 aromatic heterocycles. The molecule has 0 saturated heterocycles. The monoisotopic (exact) mass is 340 g/mol. The first-order chi connectivity index (χ1) is 10.5. The second kappa shape index (κ2) is 7.33. The van der Waals surface area contributed by atoms with Gasteiger partial charge < -0.3 is 9.26 Å². The van der Waals surface area contributed by atoms with Crippen LogP contribution in [0.2, 0.25) is 5.02 Å². The van der Waals surface area contributed by atoms with Gasteiger partial charge in [0.25, 0.3) is 5.91 Å². The molecule has 22 heavy (non-hydrogen) atoms. The number of amides is 1. The molecule has 0 aliphatic rings. The summed E-state index contributed by atoms with van der Waals surface area (Å²) in [5.41, 5.74) is 0.852. The predicted octanol–water partition coefficient (Wildman–Crippen LogP) is 3.15. The molecule has 1 heterocycles. The molecule has 0 aliphatic carbocycles. The number of carbonyl (C=O) groups is 2. The van der Waals surface area contributed by atoms with Gasteiger partial charge >= 0.3 is 5.97 Å². The van der Waals surface area contributed by atoms with Gasteiger partial charge in [0.1, 0.15) is 0 Å². The highest BCUT2D eigenvalue weighted by atomic mass is 35.5. The third kappa shape index (κ3) is 4.25. The van der Waals surface area contributed by atoms with E-state index in [1.807, 2.05) is 6.26 Å². The zero-order valence-corrected chi connectivity index (χ0v) is 13.5. The number of esters is 1. The first kappa shape index (κ1) is 16.4. The summed E-state index contributed by atoms with van der Waals surface area (Å²) < 4.78 is 9.77. The molecular formula is C14H13ClN2O4S. The molecular weight excluding hydrogens is 328 g/mol. The van der Waals surface area contributed by atoms with E-state index in [1.54, 1.807) is 31.2 Å². The van der Waals surface area contributed by atoms with E-state index in [0.29, 0.717) is 5.69 Å². The summed E-state index contributed by atoms with van der Waals surface area (Å²) in [4.78, 5) is 24.5. The standard InChI is InChI=1S/C14H13ClN2O4S/c1-8-5-13(21-17-8)16-12(18)7-20-14(19)10-6-9(22-2)3-4-11(10)15/h3-6H,7H2,1-2H3,(H,16,18). The molecule has 0 radical (unpaired) electrons. The highest BCUT2D eigenvalue weighted by molar-refractivity contribution is 7.98. The maximum absolute atomic E-state index is 12.0. The minimum atomic E-state index is -0.662. The lowest BCUT2D eigenvalue weighted by atomic mass is 10.2. The van der Waals surface area contributed by atoms with Crippen LogP contribution in [0.15, 0.2) is 33.7 Å². The third-order valence-corrected chi connectivity index (χ3v) is 3.67. The van der Waals surface area contributed by atoms with Crippen molar-refractivity contribution >= 4 is 41.1 Å². The smallest absolute Gasteiger partial charge is 0.340 e. The van der Waals surface area contributed by atoms with Gasteiger partial charge in [0.05, 0.1) is 16.3 Å². The van der Waals surface area contributed by atoms with Crippen LogP contribution in [0, 0.1) is 6.92 Å². The van der Waals surface area contributed by atoms with Crippen LogP contribution in [0.1, 0.15) is 16.1 Å². The van der Waals surface area contributed by atoms with Crippen molar-refractivity contribution in [3.8, 4) is 0 Å². The van der Waals surface area contributed by atoms with Gasteiger partial charge in [-0.3, -0.25) is 10.1 Å². The van der Waals surface area contributed by atoms with Crippen LogP contribution in [0.4, 0.5) is 5.88 Å². The highest BCUT2D eigenvalue weighted by Gasteiger charge is 2.15. The topological polar surface area (TPSA) is 81.4 Å². The number of carbonyl (C=O) groups excluding carboxylic acids is 2. The minimum Gasteiger partial charge on any atom is -0.452 e. The number of aromatic nitrogens is 1. The van der Waals surface area contributed by atoms with E-state index >= 15 is 0 Å². The Hall–Kier alpha value is -1.99. The molecule has 8 heteroatoms. The van der Waals surface area contributed by atoms with Crippen LogP contribution in [0.5, 0.6) is 0 Å². The summed E-state index contributed by atoms with van der Waals surface area (Å²) in [6.07, 6.45) is 1.88. The quantitative estimate of drug-likeness (QED) is 0.665. The van der Waals surface area contributed by atoms with E-state index in [1.165, 1.54) is 11.8 Å². The minimum absolute atomic E-state index is 0.195. The van der Waals surface area contributed by atoms with E-state index in [-0.39, 0.29) is 16.5 Å². The number of anilines is 1. The van der Waals surface area contributed by atoms with E-state index in [9.17, 15) is 9.59 Å². The Kier molecular flexibility index (Phi) is 5.46. The lowest BCUT2D eigenvalue weighted by molar-refractivity contribution is -0.119. The van der Waals surface area contributed by atoms with Crippen molar-refractivity contribution < 1.29 is 18.8 Å². The lowest BCUT2D eigenvalue weighted by Crippen LogP contribution is -2.20.